The molecule has 4 nitrogen and oxygen atoms in total. The predicted molar refractivity (Wildman–Crippen MR) is 49.8 cm³/mol. The summed E-state index contributed by atoms with van der Waals surface area (Å²) in [7, 11) is 0. The molecule has 1 aromatic rings. The Morgan fingerprint density at radius 2 is 2.17 bits per heavy atom. The van der Waals surface area contributed by atoms with Gasteiger partial charge in [0.15, 0.2) is 0 Å². The monoisotopic (exact) mass is 166 g/mol. The van der Waals surface area contributed by atoms with Crippen molar-refractivity contribution in [1.82, 2.24) is 10.2 Å². The van der Waals surface area contributed by atoms with E-state index in [2.05, 4.69) is 29.4 Å². The molecule has 0 spiro atoms. The Balaban J connectivity index is 2.48. The summed E-state index contributed by atoms with van der Waals surface area (Å²) in [5.41, 5.74) is 5.38. The van der Waals surface area contributed by atoms with E-state index in [4.69, 9.17) is 5.73 Å². The first-order valence-corrected chi connectivity index (χ1v) is 4.01. The third-order valence-corrected chi connectivity index (χ3v) is 1.38. The van der Waals surface area contributed by atoms with Crippen molar-refractivity contribution in [3.05, 3.63) is 12.1 Å². The van der Waals surface area contributed by atoms with E-state index in [1.165, 1.54) is 0 Å². The second-order valence-electron chi connectivity index (χ2n) is 3.12. The average molecular weight is 166 g/mol. The summed E-state index contributed by atoms with van der Waals surface area (Å²) < 4.78 is 0. The topological polar surface area (TPSA) is 63.8 Å². The molecule has 1 aromatic heterocycles. The molecular weight excluding hydrogens is 152 g/mol. The Hall–Kier alpha value is -1.32. The van der Waals surface area contributed by atoms with E-state index in [1.54, 1.807) is 6.07 Å². The first-order valence-electron chi connectivity index (χ1n) is 4.01. The van der Waals surface area contributed by atoms with Crippen LogP contribution in [0.5, 0.6) is 0 Å². The zero-order valence-corrected chi connectivity index (χ0v) is 7.41. The number of anilines is 2. The first-order chi connectivity index (χ1) is 5.68. The summed E-state index contributed by atoms with van der Waals surface area (Å²) in [4.78, 5) is 0. The zero-order chi connectivity index (χ0) is 8.97. The van der Waals surface area contributed by atoms with Gasteiger partial charge in [-0.3, -0.25) is 0 Å². The molecule has 1 rings (SSSR count). The average Bonchev–Trinajstić information content (AvgIpc) is 2.03. The normalized spacial score (nSPS) is 10.2. The molecule has 0 bridgehead atoms. The summed E-state index contributed by atoms with van der Waals surface area (Å²) in [5.74, 6) is 1.83. The molecule has 4 heteroatoms. The Morgan fingerprint density at radius 1 is 1.42 bits per heavy atom. The molecule has 0 radical (unpaired) electrons. The maximum atomic E-state index is 5.38. The van der Waals surface area contributed by atoms with E-state index >= 15 is 0 Å². The van der Waals surface area contributed by atoms with Gasteiger partial charge in [0, 0.05) is 6.54 Å². The van der Waals surface area contributed by atoms with Gasteiger partial charge in [0.1, 0.15) is 11.6 Å². The standard InChI is InChI=1S/C8H14N4/c1-6(2)5-10-8-4-3-7(9)11-12-8/h3-4,6H,5H2,1-2H3,(H2,9,11)(H,10,12). The van der Waals surface area contributed by atoms with E-state index in [1.807, 2.05) is 6.07 Å². The highest BCUT2D eigenvalue weighted by Gasteiger charge is 1.95. The van der Waals surface area contributed by atoms with E-state index in [-0.39, 0.29) is 0 Å². The smallest absolute Gasteiger partial charge is 0.148 e. The Morgan fingerprint density at radius 3 is 2.67 bits per heavy atom. The zero-order valence-electron chi connectivity index (χ0n) is 7.41. The lowest BCUT2D eigenvalue weighted by atomic mass is 10.2. The van der Waals surface area contributed by atoms with Gasteiger partial charge in [-0.2, -0.15) is 0 Å². The lowest BCUT2D eigenvalue weighted by molar-refractivity contribution is 0.686. The number of hydrogen-bond donors (Lipinski definition) is 2. The molecule has 0 amide bonds. The van der Waals surface area contributed by atoms with Gasteiger partial charge in [0.2, 0.25) is 0 Å². The molecule has 0 aromatic carbocycles. The van der Waals surface area contributed by atoms with E-state index < -0.39 is 0 Å². The maximum Gasteiger partial charge on any atom is 0.148 e. The fraction of sp³-hybridized carbons (Fsp3) is 0.500. The van der Waals surface area contributed by atoms with Crippen molar-refractivity contribution >= 4 is 11.6 Å². The minimum Gasteiger partial charge on any atom is -0.382 e. The summed E-state index contributed by atoms with van der Waals surface area (Å²) in [5, 5.41) is 10.7. The van der Waals surface area contributed by atoms with Gasteiger partial charge in [-0.15, -0.1) is 10.2 Å². The van der Waals surface area contributed by atoms with Crippen molar-refractivity contribution < 1.29 is 0 Å². The number of hydrogen-bond acceptors (Lipinski definition) is 4. The molecule has 0 aliphatic heterocycles. The SMILES string of the molecule is CC(C)CNc1ccc(N)nn1. The number of rotatable bonds is 3. The highest BCUT2D eigenvalue weighted by molar-refractivity contribution is 5.38. The van der Waals surface area contributed by atoms with Crippen LogP contribution in [0.1, 0.15) is 13.8 Å². The lowest BCUT2D eigenvalue weighted by Gasteiger charge is -2.06. The van der Waals surface area contributed by atoms with Crippen LogP contribution in [0.4, 0.5) is 11.6 Å². The summed E-state index contributed by atoms with van der Waals surface area (Å²) in [6, 6.07) is 3.56. The summed E-state index contributed by atoms with van der Waals surface area (Å²) >= 11 is 0. The van der Waals surface area contributed by atoms with Gasteiger partial charge in [-0.1, -0.05) is 13.8 Å². The van der Waals surface area contributed by atoms with Crippen molar-refractivity contribution in [3.63, 3.8) is 0 Å². The van der Waals surface area contributed by atoms with Crippen LogP contribution in [-0.4, -0.2) is 16.7 Å². The molecule has 0 unspecified atom stereocenters. The van der Waals surface area contributed by atoms with Gasteiger partial charge in [0.25, 0.3) is 0 Å². The van der Waals surface area contributed by atoms with Crippen molar-refractivity contribution in [2.45, 2.75) is 13.8 Å². The van der Waals surface area contributed by atoms with Gasteiger partial charge in [-0.05, 0) is 18.1 Å². The van der Waals surface area contributed by atoms with Gasteiger partial charge in [-0.25, -0.2) is 0 Å². The van der Waals surface area contributed by atoms with Crippen LogP contribution >= 0.6 is 0 Å². The largest absolute Gasteiger partial charge is 0.382 e. The highest BCUT2D eigenvalue weighted by Crippen LogP contribution is 2.03. The van der Waals surface area contributed by atoms with Crippen LogP contribution in [-0.2, 0) is 0 Å². The van der Waals surface area contributed by atoms with Crippen molar-refractivity contribution in [1.29, 1.82) is 0 Å². The molecule has 12 heavy (non-hydrogen) atoms. The van der Waals surface area contributed by atoms with Crippen LogP contribution in [0.3, 0.4) is 0 Å². The van der Waals surface area contributed by atoms with Crippen LogP contribution < -0.4 is 11.1 Å². The third-order valence-electron chi connectivity index (χ3n) is 1.38. The molecule has 0 aliphatic carbocycles. The molecular formula is C8H14N4. The van der Waals surface area contributed by atoms with Crippen LogP contribution in [0.2, 0.25) is 0 Å². The Labute approximate surface area is 72.2 Å². The first kappa shape index (κ1) is 8.77. The number of nitrogens with one attached hydrogen (secondary N) is 1. The molecule has 0 atom stereocenters. The van der Waals surface area contributed by atoms with E-state index in [0.717, 1.165) is 12.4 Å². The number of nitrogens with zero attached hydrogens (tertiary/aromatic N) is 2. The van der Waals surface area contributed by atoms with Gasteiger partial charge in [0.05, 0.1) is 0 Å². The fourth-order valence-electron chi connectivity index (χ4n) is 0.746. The van der Waals surface area contributed by atoms with E-state index in [9.17, 15) is 0 Å². The number of nitrogens with two attached hydrogens (primary N) is 1. The fourth-order valence-corrected chi connectivity index (χ4v) is 0.746. The Kier molecular flexibility index (Phi) is 2.85. The molecule has 0 saturated carbocycles. The predicted octanol–water partition coefficient (Wildman–Crippen LogP) is 1.13. The molecule has 0 aliphatic rings. The highest BCUT2D eigenvalue weighted by atomic mass is 15.2. The second-order valence-corrected chi connectivity index (χ2v) is 3.12. The molecule has 1 heterocycles. The molecule has 66 valence electrons. The number of aromatic nitrogens is 2. The third kappa shape index (κ3) is 2.74. The lowest BCUT2D eigenvalue weighted by Crippen LogP contribution is -2.09. The van der Waals surface area contributed by atoms with Crippen LogP contribution in [0.25, 0.3) is 0 Å². The quantitative estimate of drug-likeness (QED) is 0.706. The minimum atomic E-state index is 0.449. The Bertz CT molecular complexity index is 229. The number of nitrogen functional groups attached to an aromatic ring is 1. The molecule has 3 N–H and O–H groups in total. The molecule has 0 fully saturated rings. The van der Waals surface area contributed by atoms with Crippen molar-refractivity contribution in [3.8, 4) is 0 Å². The second kappa shape index (κ2) is 3.90. The maximum absolute atomic E-state index is 5.38. The summed E-state index contributed by atoms with van der Waals surface area (Å²) in [6.45, 7) is 5.17. The molecule has 0 saturated heterocycles. The summed E-state index contributed by atoms with van der Waals surface area (Å²) in [6.07, 6.45) is 0. The van der Waals surface area contributed by atoms with Crippen LogP contribution in [0.15, 0.2) is 12.1 Å². The van der Waals surface area contributed by atoms with Gasteiger partial charge >= 0.3 is 0 Å². The van der Waals surface area contributed by atoms with E-state index in [0.29, 0.717) is 11.7 Å². The van der Waals surface area contributed by atoms with Crippen molar-refractivity contribution in [2.75, 3.05) is 17.6 Å². The minimum absolute atomic E-state index is 0.449. The van der Waals surface area contributed by atoms with Gasteiger partial charge < -0.3 is 11.1 Å². The van der Waals surface area contributed by atoms with Crippen LogP contribution in [0, 0.1) is 5.92 Å². The van der Waals surface area contributed by atoms with Crippen molar-refractivity contribution in [2.24, 2.45) is 5.92 Å².